The molecule has 2 rings (SSSR count). The normalized spacial score (nSPS) is 12.4. The number of aryl methyl sites for hydroxylation is 3. The largest absolute Gasteiger partial charge is 0.363 e. The Hall–Kier alpha value is -1.81. The van der Waals surface area contributed by atoms with Crippen LogP contribution in [0.2, 0.25) is 0 Å². The molecule has 0 aliphatic carbocycles. The standard InChI is InChI=1S/C16H24N4/c1-5-20(15-9-7-6-8-12(15)2)16(10-17)14-11-19(4)18-13(14)3/h6-9,11,16H,5,10,17H2,1-4H3. The van der Waals surface area contributed by atoms with Crippen molar-refractivity contribution < 1.29 is 0 Å². The Kier molecular flexibility index (Phi) is 4.45. The number of benzene rings is 1. The van der Waals surface area contributed by atoms with E-state index >= 15 is 0 Å². The van der Waals surface area contributed by atoms with Gasteiger partial charge in [0.25, 0.3) is 0 Å². The minimum Gasteiger partial charge on any atom is -0.363 e. The van der Waals surface area contributed by atoms with E-state index in [4.69, 9.17) is 5.73 Å². The van der Waals surface area contributed by atoms with E-state index in [9.17, 15) is 0 Å². The molecule has 0 amide bonds. The third-order valence-electron chi connectivity index (χ3n) is 3.78. The summed E-state index contributed by atoms with van der Waals surface area (Å²) < 4.78 is 1.86. The lowest BCUT2D eigenvalue weighted by atomic mass is 10.0. The SMILES string of the molecule is CCN(c1ccccc1C)C(CN)c1cn(C)nc1C. The summed E-state index contributed by atoms with van der Waals surface area (Å²) in [4.78, 5) is 2.36. The van der Waals surface area contributed by atoms with Crippen LogP contribution in [0, 0.1) is 13.8 Å². The van der Waals surface area contributed by atoms with Crippen molar-refractivity contribution in [1.29, 1.82) is 0 Å². The van der Waals surface area contributed by atoms with Gasteiger partial charge in [0.05, 0.1) is 11.7 Å². The molecule has 0 spiro atoms. The van der Waals surface area contributed by atoms with Crippen LogP contribution in [0.5, 0.6) is 0 Å². The Morgan fingerprint density at radius 2 is 2.00 bits per heavy atom. The smallest absolute Gasteiger partial charge is 0.0698 e. The van der Waals surface area contributed by atoms with Gasteiger partial charge in [0.2, 0.25) is 0 Å². The second-order valence-corrected chi connectivity index (χ2v) is 5.17. The van der Waals surface area contributed by atoms with Crippen LogP contribution in [0.15, 0.2) is 30.5 Å². The fraction of sp³-hybridized carbons (Fsp3) is 0.438. The second-order valence-electron chi connectivity index (χ2n) is 5.17. The van der Waals surface area contributed by atoms with Gasteiger partial charge in [-0.05, 0) is 32.4 Å². The maximum Gasteiger partial charge on any atom is 0.0698 e. The zero-order chi connectivity index (χ0) is 14.7. The fourth-order valence-corrected chi connectivity index (χ4v) is 2.81. The average Bonchev–Trinajstić information content (AvgIpc) is 2.76. The zero-order valence-corrected chi connectivity index (χ0v) is 12.8. The predicted octanol–water partition coefficient (Wildman–Crippen LogP) is 2.56. The Balaban J connectivity index is 2.43. The third kappa shape index (κ3) is 2.70. The number of likely N-dealkylation sites (N-methyl/N-ethyl adjacent to an activating group) is 1. The lowest BCUT2D eigenvalue weighted by Crippen LogP contribution is -2.34. The number of aromatic nitrogens is 2. The first-order valence-corrected chi connectivity index (χ1v) is 7.11. The van der Waals surface area contributed by atoms with Crippen molar-refractivity contribution in [3.8, 4) is 0 Å². The molecule has 1 atom stereocenters. The summed E-state index contributed by atoms with van der Waals surface area (Å²) in [7, 11) is 1.95. The molecule has 108 valence electrons. The van der Waals surface area contributed by atoms with Crippen LogP contribution in [0.4, 0.5) is 5.69 Å². The van der Waals surface area contributed by atoms with Gasteiger partial charge >= 0.3 is 0 Å². The monoisotopic (exact) mass is 272 g/mol. The first-order valence-electron chi connectivity index (χ1n) is 7.11. The quantitative estimate of drug-likeness (QED) is 0.910. The number of nitrogens with two attached hydrogens (primary N) is 1. The van der Waals surface area contributed by atoms with Crippen LogP contribution in [0.1, 0.15) is 29.8 Å². The summed E-state index contributed by atoms with van der Waals surface area (Å²) in [6.45, 7) is 7.85. The Morgan fingerprint density at radius 1 is 1.30 bits per heavy atom. The van der Waals surface area contributed by atoms with Crippen LogP contribution in [0.3, 0.4) is 0 Å². The van der Waals surface area contributed by atoms with E-state index < -0.39 is 0 Å². The van der Waals surface area contributed by atoms with Gasteiger partial charge in [0.1, 0.15) is 0 Å². The van der Waals surface area contributed by atoms with Crippen LogP contribution in [-0.4, -0.2) is 22.9 Å². The van der Waals surface area contributed by atoms with E-state index in [0.29, 0.717) is 6.54 Å². The predicted molar refractivity (Wildman–Crippen MR) is 83.9 cm³/mol. The zero-order valence-electron chi connectivity index (χ0n) is 12.8. The number of para-hydroxylation sites is 1. The molecular formula is C16H24N4. The van der Waals surface area contributed by atoms with Gasteiger partial charge < -0.3 is 10.6 Å². The Bertz CT molecular complexity index is 574. The molecule has 4 nitrogen and oxygen atoms in total. The van der Waals surface area contributed by atoms with E-state index in [-0.39, 0.29) is 6.04 Å². The van der Waals surface area contributed by atoms with E-state index in [1.807, 2.05) is 18.7 Å². The van der Waals surface area contributed by atoms with Gasteiger partial charge in [-0.2, -0.15) is 5.10 Å². The summed E-state index contributed by atoms with van der Waals surface area (Å²) in [6, 6.07) is 8.61. The molecule has 0 fully saturated rings. The summed E-state index contributed by atoms with van der Waals surface area (Å²) in [6.07, 6.45) is 2.08. The number of hydrogen-bond acceptors (Lipinski definition) is 3. The highest BCUT2D eigenvalue weighted by atomic mass is 15.3. The molecule has 0 aliphatic heterocycles. The first kappa shape index (κ1) is 14.6. The van der Waals surface area contributed by atoms with Crippen molar-refractivity contribution in [2.75, 3.05) is 18.0 Å². The lowest BCUT2D eigenvalue weighted by molar-refractivity contribution is 0.638. The molecular weight excluding hydrogens is 248 g/mol. The van der Waals surface area contributed by atoms with E-state index in [2.05, 4.69) is 54.3 Å². The van der Waals surface area contributed by atoms with Crippen molar-refractivity contribution >= 4 is 5.69 Å². The van der Waals surface area contributed by atoms with Crippen molar-refractivity contribution in [2.24, 2.45) is 12.8 Å². The fourth-order valence-electron chi connectivity index (χ4n) is 2.81. The van der Waals surface area contributed by atoms with Crippen LogP contribution in [0.25, 0.3) is 0 Å². The number of anilines is 1. The molecule has 0 radical (unpaired) electrons. The molecule has 1 aromatic heterocycles. The summed E-state index contributed by atoms with van der Waals surface area (Å²) in [5, 5.41) is 4.45. The van der Waals surface area contributed by atoms with Crippen molar-refractivity contribution in [1.82, 2.24) is 9.78 Å². The molecule has 2 N–H and O–H groups in total. The highest BCUT2D eigenvalue weighted by Crippen LogP contribution is 2.29. The molecule has 1 heterocycles. The van der Waals surface area contributed by atoms with E-state index in [0.717, 1.165) is 12.2 Å². The number of rotatable bonds is 5. The van der Waals surface area contributed by atoms with Crippen molar-refractivity contribution in [3.05, 3.63) is 47.3 Å². The number of hydrogen-bond donors (Lipinski definition) is 1. The Labute approximate surface area is 121 Å². The molecule has 0 bridgehead atoms. The average molecular weight is 272 g/mol. The molecule has 0 saturated heterocycles. The maximum absolute atomic E-state index is 6.07. The van der Waals surface area contributed by atoms with Gasteiger partial charge in [0.15, 0.2) is 0 Å². The van der Waals surface area contributed by atoms with E-state index in [1.165, 1.54) is 16.8 Å². The number of nitrogens with zero attached hydrogens (tertiary/aromatic N) is 3. The molecule has 4 heteroatoms. The van der Waals surface area contributed by atoms with Crippen molar-refractivity contribution in [2.45, 2.75) is 26.8 Å². The van der Waals surface area contributed by atoms with Gasteiger partial charge in [-0.3, -0.25) is 4.68 Å². The minimum atomic E-state index is 0.162. The molecule has 20 heavy (non-hydrogen) atoms. The van der Waals surface area contributed by atoms with Crippen LogP contribution in [-0.2, 0) is 7.05 Å². The maximum atomic E-state index is 6.07. The second kappa shape index (κ2) is 6.09. The highest BCUT2D eigenvalue weighted by Gasteiger charge is 2.22. The molecule has 2 aromatic rings. The molecule has 1 unspecified atom stereocenters. The first-order chi connectivity index (χ1) is 9.58. The van der Waals surface area contributed by atoms with Gasteiger partial charge in [-0.1, -0.05) is 18.2 Å². The highest BCUT2D eigenvalue weighted by molar-refractivity contribution is 5.55. The van der Waals surface area contributed by atoms with Crippen LogP contribution >= 0.6 is 0 Å². The van der Waals surface area contributed by atoms with Gasteiger partial charge in [-0.25, -0.2) is 0 Å². The summed E-state index contributed by atoms with van der Waals surface area (Å²) in [5.41, 5.74) is 10.8. The topological polar surface area (TPSA) is 47.1 Å². The minimum absolute atomic E-state index is 0.162. The lowest BCUT2D eigenvalue weighted by Gasteiger charge is -2.33. The third-order valence-corrected chi connectivity index (χ3v) is 3.78. The van der Waals surface area contributed by atoms with Gasteiger partial charge in [-0.15, -0.1) is 0 Å². The summed E-state index contributed by atoms with van der Waals surface area (Å²) >= 11 is 0. The Morgan fingerprint density at radius 3 is 2.50 bits per heavy atom. The van der Waals surface area contributed by atoms with E-state index in [1.54, 1.807) is 0 Å². The molecule has 0 saturated carbocycles. The molecule has 1 aromatic carbocycles. The molecule has 0 aliphatic rings. The summed E-state index contributed by atoms with van der Waals surface area (Å²) in [5.74, 6) is 0. The van der Waals surface area contributed by atoms with Crippen molar-refractivity contribution in [3.63, 3.8) is 0 Å². The van der Waals surface area contributed by atoms with Gasteiger partial charge in [0, 0.05) is 37.6 Å². The van der Waals surface area contributed by atoms with Crippen LogP contribution < -0.4 is 10.6 Å².